The van der Waals surface area contributed by atoms with Crippen LogP contribution in [0.15, 0.2) is 0 Å². The van der Waals surface area contributed by atoms with E-state index >= 15 is 0 Å². The fourth-order valence-electron chi connectivity index (χ4n) is 11.5. The summed E-state index contributed by atoms with van der Waals surface area (Å²) in [5.74, 6) is -0.686. The van der Waals surface area contributed by atoms with Crippen molar-refractivity contribution in [3.63, 3.8) is 0 Å². The smallest absolute Gasteiger partial charge is 0.312 e. The number of aliphatic hydroxyl groups excluding tert-OH is 4. The van der Waals surface area contributed by atoms with Crippen molar-refractivity contribution in [3.8, 4) is 0 Å². The number of rotatable bonds is 7. The van der Waals surface area contributed by atoms with Crippen molar-refractivity contribution >= 4 is 5.97 Å². The molecule has 38 heavy (non-hydrogen) atoms. The zero-order chi connectivity index (χ0) is 28.3. The molecule has 5 saturated carbocycles. The van der Waals surface area contributed by atoms with Gasteiger partial charge in [0.25, 0.3) is 0 Å². The topological polar surface area (TPSA) is 138 Å². The molecule has 6 N–H and O–H groups in total. The highest BCUT2D eigenvalue weighted by atomic mass is 16.4. The van der Waals surface area contributed by atoms with Gasteiger partial charge in [-0.2, -0.15) is 0 Å². The predicted molar refractivity (Wildman–Crippen MR) is 143 cm³/mol. The van der Waals surface area contributed by atoms with Gasteiger partial charge < -0.3 is 30.6 Å². The Labute approximate surface area is 228 Å². The van der Waals surface area contributed by atoms with E-state index < -0.39 is 40.7 Å². The lowest BCUT2D eigenvalue weighted by molar-refractivity contribution is -0.211. The van der Waals surface area contributed by atoms with Gasteiger partial charge in [-0.3, -0.25) is 4.79 Å². The van der Waals surface area contributed by atoms with Gasteiger partial charge in [-0.05, 0) is 97.7 Å². The molecule has 0 heterocycles. The molecule has 0 saturated heterocycles. The first-order valence-electron chi connectivity index (χ1n) is 15.1. The van der Waals surface area contributed by atoms with Crippen LogP contribution in [0.25, 0.3) is 0 Å². The fourth-order valence-corrected chi connectivity index (χ4v) is 11.5. The van der Waals surface area contributed by atoms with Crippen molar-refractivity contribution in [2.45, 2.75) is 123 Å². The second kappa shape index (κ2) is 8.64. The zero-order valence-electron chi connectivity index (χ0n) is 24.3. The highest BCUT2D eigenvalue weighted by Crippen LogP contribution is 2.89. The van der Waals surface area contributed by atoms with Crippen LogP contribution in [-0.2, 0) is 4.79 Å². The molecular weight excluding hydrogens is 484 g/mol. The Morgan fingerprint density at radius 3 is 2.16 bits per heavy atom. The van der Waals surface area contributed by atoms with Crippen molar-refractivity contribution in [3.05, 3.63) is 0 Å². The van der Waals surface area contributed by atoms with E-state index in [9.17, 15) is 35.4 Å². The molecule has 13 atom stereocenters. The number of fused-ring (bicyclic) bond motifs is 2. The van der Waals surface area contributed by atoms with Gasteiger partial charge >= 0.3 is 5.97 Å². The van der Waals surface area contributed by atoms with E-state index in [1.54, 1.807) is 6.92 Å². The van der Waals surface area contributed by atoms with Gasteiger partial charge in [-0.15, -0.1) is 0 Å². The highest BCUT2D eigenvalue weighted by Gasteiger charge is 2.85. The number of aliphatic hydroxyl groups is 5. The van der Waals surface area contributed by atoms with Crippen LogP contribution in [0.4, 0.5) is 0 Å². The average Bonchev–Trinajstić information content (AvgIpc) is 3.47. The van der Waals surface area contributed by atoms with Crippen LogP contribution >= 0.6 is 0 Å². The summed E-state index contributed by atoms with van der Waals surface area (Å²) < 4.78 is 0. The van der Waals surface area contributed by atoms with Crippen molar-refractivity contribution < 1.29 is 35.4 Å². The normalized spacial score (nSPS) is 52.7. The molecule has 2 spiro atoms. The molecule has 5 rings (SSSR count). The number of carbonyl (C=O) groups is 1. The lowest BCUT2D eigenvalue weighted by Gasteiger charge is -2.63. The molecule has 7 nitrogen and oxygen atoms in total. The third-order valence-electron chi connectivity index (χ3n) is 14.5. The molecule has 0 aromatic rings. The maximum absolute atomic E-state index is 12.5. The van der Waals surface area contributed by atoms with Gasteiger partial charge in [0, 0.05) is 18.3 Å². The van der Waals surface area contributed by atoms with Crippen LogP contribution in [0, 0.1) is 56.7 Å². The molecule has 5 fully saturated rings. The molecule has 0 aromatic carbocycles. The summed E-state index contributed by atoms with van der Waals surface area (Å²) in [5.41, 5.74) is -3.03. The lowest BCUT2D eigenvalue weighted by Crippen LogP contribution is -2.63. The van der Waals surface area contributed by atoms with Crippen molar-refractivity contribution in [1.82, 2.24) is 0 Å². The molecule has 0 aliphatic heterocycles. The van der Waals surface area contributed by atoms with Gasteiger partial charge in [0.15, 0.2) is 0 Å². The molecule has 13 unspecified atom stereocenters. The Morgan fingerprint density at radius 2 is 1.58 bits per heavy atom. The number of carboxylic acid groups (broad SMARTS) is 1. The third kappa shape index (κ3) is 3.23. The molecule has 218 valence electrons. The Bertz CT molecular complexity index is 970. The first kappa shape index (κ1) is 28.8. The summed E-state index contributed by atoms with van der Waals surface area (Å²) in [6, 6.07) is 0. The van der Waals surface area contributed by atoms with Gasteiger partial charge in [0.1, 0.15) is 0 Å². The molecule has 5 aliphatic rings. The van der Waals surface area contributed by atoms with Crippen LogP contribution in [-0.4, -0.2) is 67.1 Å². The minimum absolute atomic E-state index is 0.00960. The predicted octanol–water partition coefficient (Wildman–Crippen LogP) is 3.59. The second-order valence-corrected chi connectivity index (χ2v) is 15.4. The number of carboxylic acids is 1. The molecule has 7 heteroatoms. The first-order valence-corrected chi connectivity index (χ1v) is 15.1. The summed E-state index contributed by atoms with van der Waals surface area (Å²) in [5, 5.41) is 64.7. The zero-order valence-corrected chi connectivity index (χ0v) is 24.3. The van der Waals surface area contributed by atoms with E-state index in [1.165, 1.54) is 0 Å². The highest BCUT2D eigenvalue weighted by molar-refractivity contribution is 5.76. The Hall–Kier alpha value is -0.730. The van der Waals surface area contributed by atoms with Gasteiger partial charge in [0.2, 0.25) is 0 Å². The van der Waals surface area contributed by atoms with E-state index in [0.29, 0.717) is 5.92 Å². The van der Waals surface area contributed by atoms with Crippen molar-refractivity contribution in [2.24, 2.45) is 56.7 Å². The van der Waals surface area contributed by atoms with Crippen LogP contribution in [0.5, 0.6) is 0 Å². The molecule has 5 aliphatic carbocycles. The summed E-state index contributed by atoms with van der Waals surface area (Å²) in [6.45, 7) is 12.0. The SMILES string of the molecule is CC(C(O)CC(O)(CO)C(C)C)C1CCC2(C)C3CCC4C(C)(C(=O)O)C(O)CC(O)C45CC35CCC12C. The number of hydrogen-bond acceptors (Lipinski definition) is 6. The first-order chi connectivity index (χ1) is 17.5. The Kier molecular flexibility index (Phi) is 6.54. The van der Waals surface area contributed by atoms with Crippen LogP contribution in [0.1, 0.15) is 99.3 Å². The monoisotopic (exact) mass is 536 g/mol. The van der Waals surface area contributed by atoms with E-state index in [2.05, 4.69) is 20.8 Å². The van der Waals surface area contributed by atoms with Gasteiger partial charge in [0.05, 0.1) is 35.9 Å². The average molecular weight is 537 g/mol. The molecule has 0 radical (unpaired) electrons. The van der Waals surface area contributed by atoms with Crippen LogP contribution in [0.3, 0.4) is 0 Å². The van der Waals surface area contributed by atoms with Crippen molar-refractivity contribution in [1.29, 1.82) is 0 Å². The molecular formula is C31H52O7. The van der Waals surface area contributed by atoms with Crippen LogP contribution < -0.4 is 0 Å². The van der Waals surface area contributed by atoms with Gasteiger partial charge in [-0.25, -0.2) is 0 Å². The summed E-state index contributed by atoms with van der Waals surface area (Å²) in [4.78, 5) is 12.5. The quantitative estimate of drug-likeness (QED) is 0.292. The largest absolute Gasteiger partial charge is 0.481 e. The Balaban J connectivity index is 1.43. The molecule has 0 amide bonds. The third-order valence-corrected chi connectivity index (χ3v) is 14.5. The number of hydrogen-bond donors (Lipinski definition) is 6. The summed E-state index contributed by atoms with van der Waals surface area (Å²) in [7, 11) is 0. The molecule has 0 aromatic heterocycles. The van der Waals surface area contributed by atoms with E-state index in [4.69, 9.17) is 0 Å². The maximum atomic E-state index is 12.5. The summed E-state index contributed by atoms with van der Waals surface area (Å²) >= 11 is 0. The Morgan fingerprint density at radius 1 is 0.947 bits per heavy atom. The minimum atomic E-state index is -1.30. The standard InChI is InChI=1S/C31H52O7/c1-17(2)30(38,16-32)14-20(33)18(3)19-9-10-27(5)21-7-8-22-28(6,25(36)37)23(34)13-24(35)31(22)15-29(21,31)12-11-26(19,27)4/h17-24,32-35,38H,7-16H2,1-6H3,(H,36,37). The van der Waals surface area contributed by atoms with E-state index in [-0.39, 0.29) is 59.4 Å². The van der Waals surface area contributed by atoms with Gasteiger partial charge in [-0.1, -0.05) is 34.6 Å². The van der Waals surface area contributed by atoms with E-state index in [1.807, 2.05) is 13.8 Å². The lowest BCUT2D eigenvalue weighted by atomic mass is 9.41. The number of aliphatic carboxylic acids is 1. The molecule has 0 bridgehead atoms. The summed E-state index contributed by atoms with van der Waals surface area (Å²) in [6.07, 6.45) is 4.35. The maximum Gasteiger partial charge on any atom is 0.312 e. The van der Waals surface area contributed by atoms with E-state index in [0.717, 1.165) is 44.9 Å². The van der Waals surface area contributed by atoms with Crippen molar-refractivity contribution in [2.75, 3.05) is 6.61 Å². The fraction of sp³-hybridized carbons (Fsp3) is 0.968. The minimum Gasteiger partial charge on any atom is -0.481 e. The van der Waals surface area contributed by atoms with Crippen LogP contribution in [0.2, 0.25) is 0 Å². The second-order valence-electron chi connectivity index (χ2n) is 15.4.